The first kappa shape index (κ1) is 23.2. The van der Waals surface area contributed by atoms with Crippen molar-refractivity contribution in [2.75, 3.05) is 25.5 Å². The number of hydrogen-bond donors (Lipinski definition) is 1. The van der Waals surface area contributed by atoms with Crippen molar-refractivity contribution in [3.8, 4) is 5.75 Å². The molecule has 2 aromatic carbocycles. The quantitative estimate of drug-likeness (QED) is 0.347. The second-order valence-electron chi connectivity index (χ2n) is 6.52. The summed E-state index contributed by atoms with van der Waals surface area (Å²) in [6, 6.07) is 13.1. The molecule has 0 spiro atoms. The number of nitro groups is 1. The van der Waals surface area contributed by atoms with Crippen LogP contribution in [0.5, 0.6) is 5.75 Å². The first-order valence-electron chi connectivity index (χ1n) is 9.48. The molecule has 0 radical (unpaired) electrons. The topological polar surface area (TPSA) is 102 Å². The van der Waals surface area contributed by atoms with Gasteiger partial charge in [-0.05, 0) is 37.6 Å². The zero-order valence-electron chi connectivity index (χ0n) is 17.2. The molecule has 0 saturated carbocycles. The van der Waals surface area contributed by atoms with Crippen molar-refractivity contribution in [3.63, 3.8) is 0 Å². The second-order valence-corrected chi connectivity index (χ2v) is 7.93. The Labute approximate surface area is 179 Å². The van der Waals surface area contributed by atoms with Crippen LogP contribution < -0.4 is 10.1 Å². The third kappa shape index (κ3) is 6.48. The Kier molecular flexibility index (Phi) is 8.67. The lowest BCUT2D eigenvalue weighted by Gasteiger charge is -2.25. The summed E-state index contributed by atoms with van der Waals surface area (Å²) in [5.74, 6) is 0.0607. The van der Waals surface area contributed by atoms with E-state index in [1.54, 1.807) is 43.3 Å². The van der Waals surface area contributed by atoms with Crippen LogP contribution >= 0.6 is 11.8 Å². The lowest BCUT2D eigenvalue weighted by molar-refractivity contribution is -0.384. The number of carbonyl (C=O) groups excluding carboxylic acids is 2. The SMILES string of the molecule is CCCN(CC(=O)Nc1ccccc1OC)C(=O)C(C)Sc1ccc([N+](=O)[O-])cc1. The van der Waals surface area contributed by atoms with Crippen LogP contribution in [0.2, 0.25) is 0 Å². The van der Waals surface area contributed by atoms with E-state index in [0.717, 1.165) is 4.90 Å². The number of nitrogens with one attached hydrogen (secondary N) is 1. The number of methoxy groups -OCH3 is 1. The van der Waals surface area contributed by atoms with Crippen molar-refractivity contribution in [2.24, 2.45) is 0 Å². The molecule has 2 amide bonds. The smallest absolute Gasteiger partial charge is 0.269 e. The summed E-state index contributed by atoms with van der Waals surface area (Å²) in [6.07, 6.45) is 0.711. The third-order valence-corrected chi connectivity index (χ3v) is 5.33. The number of hydrogen-bond acceptors (Lipinski definition) is 6. The summed E-state index contributed by atoms with van der Waals surface area (Å²) < 4.78 is 5.23. The number of carbonyl (C=O) groups is 2. The van der Waals surface area contributed by atoms with Gasteiger partial charge in [-0.3, -0.25) is 19.7 Å². The molecule has 0 aliphatic heterocycles. The van der Waals surface area contributed by atoms with E-state index in [2.05, 4.69) is 5.32 Å². The highest BCUT2D eigenvalue weighted by molar-refractivity contribution is 8.00. The van der Waals surface area contributed by atoms with Crippen molar-refractivity contribution in [2.45, 2.75) is 30.4 Å². The van der Waals surface area contributed by atoms with E-state index in [1.165, 1.54) is 35.9 Å². The van der Waals surface area contributed by atoms with Gasteiger partial charge in [-0.15, -0.1) is 11.8 Å². The van der Waals surface area contributed by atoms with Crippen LogP contribution in [0.15, 0.2) is 53.4 Å². The minimum Gasteiger partial charge on any atom is -0.495 e. The van der Waals surface area contributed by atoms with E-state index in [0.29, 0.717) is 24.4 Å². The molecule has 2 rings (SSSR count). The van der Waals surface area contributed by atoms with Gasteiger partial charge in [0.05, 0.1) is 29.5 Å². The van der Waals surface area contributed by atoms with E-state index < -0.39 is 10.2 Å². The van der Waals surface area contributed by atoms with Gasteiger partial charge in [0.15, 0.2) is 0 Å². The zero-order chi connectivity index (χ0) is 22.1. The van der Waals surface area contributed by atoms with Gasteiger partial charge in [0, 0.05) is 23.6 Å². The predicted molar refractivity (Wildman–Crippen MR) is 117 cm³/mol. The van der Waals surface area contributed by atoms with Crippen molar-refractivity contribution < 1.29 is 19.2 Å². The van der Waals surface area contributed by atoms with Gasteiger partial charge in [0.2, 0.25) is 11.8 Å². The lowest BCUT2D eigenvalue weighted by atomic mass is 10.3. The predicted octanol–water partition coefficient (Wildman–Crippen LogP) is 3.96. The van der Waals surface area contributed by atoms with Gasteiger partial charge in [0.1, 0.15) is 5.75 Å². The van der Waals surface area contributed by atoms with E-state index in [4.69, 9.17) is 4.74 Å². The molecule has 0 aliphatic carbocycles. The number of non-ortho nitro benzene ring substituents is 1. The molecule has 2 aromatic rings. The van der Waals surface area contributed by atoms with Gasteiger partial charge in [-0.25, -0.2) is 0 Å². The minimum absolute atomic E-state index is 0.000972. The molecular weight excluding hydrogens is 406 g/mol. The van der Waals surface area contributed by atoms with Gasteiger partial charge >= 0.3 is 0 Å². The number of benzene rings is 2. The second kappa shape index (κ2) is 11.2. The Balaban J connectivity index is 2.01. The summed E-state index contributed by atoms with van der Waals surface area (Å²) in [5, 5.41) is 13.1. The highest BCUT2D eigenvalue weighted by Gasteiger charge is 2.23. The molecule has 160 valence electrons. The third-order valence-electron chi connectivity index (χ3n) is 4.23. The summed E-state index contributed by atoms with van der Waals surface area (Å²) in [6.45, 7) is 4.07. The lowest BCUT2D eigenvalue weighted by Crippen LogP contribution is -2.42. The summed E-state index contributed by atoms with van der Waals surface area (Å²) in [7, 11) is 1.52. The number of nitrogens with zero attached hydrogens (tertiary/aromatic N) is 2. The number of anilines is 1. The maximum atomic E-state index is 12.9. The number of amides is 2. The van der Waals surface area contributed by atoms with Gasteiger partial charge < -0.3 is 15.0 Å². The average molecular weight is 432 g/mol. The molecule has 8 nitrogen and oxygen atoms in total. The fraction of sp³-hybridized carbons (Fsp3) is 0.333. The molecule has 0 heterocycles. The Morgan fingerprint density at radius 1 is 1.20 bits per heavy atom. The van der Waals surface area contributed by atoms with Crippen molar-refractivity contribution in [1.82, 2.24) is 4.90 Å². The maximum absolute atomic E-state index is 12.9. The van der Waals surface area contributed by atoms with E-state index in [1.807, 2.05) is 6.92 Å². The molecule has 0 bridgehead atoms. The first-order chi connectivity index (χ1) is 14.3. The molecule has 1 atom stereocenters. The van der Waals surface area contributed by atoms with Crippen molar-refractivity contribution in [3.05, 3.63) is 58.6 Å². The molecule has 0 fully saturated rings. The molecule has 0 saturated heterocycles. The van der Waals surface area contributed by atoms with Crippen molar-refractivity contribution >= 4 is 35.0 Å². The summed E-state index contributed by atoms with van der Waals surface area (Å²) in [5.41, 5.74) is 0.543. The largest absolute Gasteiger partial charge is 0.495 e. The van der Waals surface area contributed by atoms with Gasteiger partial charge in [0.25, 0.3) is 5.69 Å². The summed E-state index contributed by atoms with van der Waals surface area (Å²) in [4.78, 5) is 38.0. The van der Waals surface area contributed by atoms with E-state index in [9.17, 15) is 19.7 Å². The molecule has 30 heavy (non-hydrogen) atoms. The normalized spacial score (nSPS) is 11.4. The standard InChI is InChI=1S/C21H25N3O5S/c1-4-13-23(14-20(25)22-18-7-5-6-8-19(18)29-3)21(26)15(2)30-17-11-9-16(10-12-17)24(27)28/h5-12,15H,4,13-14H2,1-3H3,(H,22,25). The zero-order valence-corrected chi connectivity index (χ0v) is 18.0. The summed E-state index contributed by atoms with van der Waals surface area (Å²) >= 11 is 1.30. The number of ether oxygens (including phenoxy) is 1. The monoisotopic (exact) mass is 431 g/mol. The van der Waals surface area contributed by atoms with Crippen LogP contribution in [0.4, 0.5) is 11.4 Å². The highest BCUT2D eigenvalue weighted by Crippen LogP contribution is 2.27. The van der Waals surface area contributed by atoms with Crippen LogP contribution in [-0.4, -0.2) is 47.1 Å². The Hall–Kier alpha value is -3.07. The molecule has 0 aromatic heterocycles. The fourth-order valence-electron chi connectivity index (χ4n) is 2.81. The Bertz CT molecular complexity index is 888. The van der Waals surface area contributed by atoms with E-state index >= 15 is 0 Å². The molecule has 9 heteroatoms. The molecule has 0 aliphatic rings. The van der Waals surface area contributed by atoms with Crippen LogP contribution in [-0.2, 0) is 9.59 Å². The van der Waals surface area contributed by atoms with Crippen LogP contribution in [0.3, 0.4) is 0 Å². The fourth-order valence-corrected chi connectivity index (χ4v) is 3.76. The molecular formula is C21H25N3O5S. The molecule has 1 unspecified atom stereocenters. The first-order valence-corrected chi connectivity index (χ1v) is 10.4. The minimum atomic E-state index is -0.466. The van der Waals surface area contributed by atoms with Crippen LogP contribution in [0.25, 0.3) is 0 Å². The van der Waals surface area contributed by atoms with Crippen LogP contribution in [0.1, 0.15) is 20.3 Å². The maximum Gasteiger partial charge on any atom is 0.269 e. The van der Waals surface area contributed by atoms with E-state index in [-0.39, 0.29) is 24.0 Å². The highest BCUT2D eigenvalue weighted by atomic mass is 32.2. The average Bonchev–Trinajstić information content (AvgIpc) is 2.73. The number of nitro benzene ring substituents is 1. The Morgan fingerprint density at radius 3 is 2.47 bits per heavy atom. The Morgan fingerprint density at radius 2 is 1.87 bits per heavy atom. The van der Waals surface area contributed by atoms with Gasteiger partial charge in [-0.2, -0.15) is 0 Å². The van der Waals surface area contributed by atoms with Crippen LogP contribution in [0, 0.1) is 10.1 Å². The van der Waals surface area contributed by atoms with Gasteiger partial charge in [-0.1, -0.05) is 19.1 Å². The number of thioether (sulfide) groups is 1. The molecule has 1 N–H and O–H groups in total. The number of para-hydroxylation sites is 2. The number of rotatable bonds is 10. The van der Waals surface area contributed by atoms with Crippen molar-refractivity contribution in [1.29, 1.82) is 0 Å².